The van der Waals surface area contributed by atoms with Crippen LogP contribution in [-0.2, 0) is 9.53 Å². The van der Waals surface area contributed by atoms with Gasteiger partial charge in [-0.3, -0.25) is 10.2 Å². The molecule has 0 aromatic rings. The van der Waals surface area contributed by atoms with E-state index in [1.54, 1.807) is 19.9 Å². The van der Waals surface area contributed by atoms with Crippen LogP contribution in [0.2, 0.25) is 0 Å². The SMILES string of the molecule is CC(=N)/C(C)=C1/C=C(C(=O)NC2COC2)SC1=N. The molecule has 0 radical (unpaired) electrons. The maximum Gasteiger partial charge on any atom is 0.258 e. The molecule has 2 rings (SSSR count). The van der Waals surface area contributed by atoms with Crippen molar-refractivity contribution in [2.75, 3.05) is 13.2 Å². The zero-order valence-corrected chi connectivity index (χ0v) is 11.1. The van der Waals surface area contributed by atoms with Crippen molar-refractivity contribution in [1.82, 2.24) is 5.32 Å². The highest BCUT2D eigenvalue weighted by molar-refractivity contribution is 8.18. The zero-order valence-electron chi connectivity index (χ0n) is 10.3. The predicted octanol–water partition coefficient (Wildman–Crippen LogP) is 1.47. The van der Waals surface area contributed by atoms with Gasteiger partial charge < -0.3 is 15.5 Å². The largest absolute Gasteiger partial charge is 0.377 e. The molecular weight excluding hydrogens is 250 g/mol. The average molecular weight is 265 g/mol. The number of nitrogens with one attached hydrogen (secondary N) is 3. The van der Waals surface area contributed by atoms with Crippen molar-refractivity contribution in [2.45, 2.75) is 19.9 Å². The first-order valence-electron chi connectivity index (χ1n) is 5.62. The maximum atomic E-state index is 11.9. The summed E-state index contributed by atoms with van der Waals surface area (Å²) >= 11 is 1.14. The Labute approximate surface area is 110 Å². The predicted molar refractivity (Wildman–Crippen MR) is 72.3 cm³/mol. The molecule has 6 heteroatoms. The molecule has 1 saturated heterocycles. The van der Waals surface area contributed by atoms with Gasteiger partial charge in [-0.1, -0.05) is 11.8 Å². The van der Waals surface area contributed by atoms with Crippen LogP contribution in [0, 0.1) is 10.8 Å². The first-order chi connectivity index (χ1) is 8.49. The summed E-state index contributed by atoms with van der Waals surface area (Å²) in [6.07, 6.45) is 1.69. The third-order valence-electron chi connectivity index (χ3n) is 2.90. The lowest BCUT2D eigenvalue weighted by Gasteiger charge is -2.26. The second kappa shape index (κ2) is 5.07. The number of allylic oxidation sites excluding steroid dienone is 2. The van der Waals surface area contributed by atoms with Crippen LogP contribution >= 0.6 is 11.8 Å². The van der Waals surface area contributed by atoms with Crippen LogP contribution < -0.4 is 5.32 Å². The molecule has 5 nitrogen and oxygen atoms in total. The standard InChI is InChI=1S/C12H15N3O2S/c1-6(7(2)13)9-3-10(18-11(9)14)12(16)15-8-4-17-5-8/h3,8,13-14H,4-5H2,1-2H3,(H,15,16)/b9-6-,13-7?,14-11?. The van der Waals surface area contributed by atoms with E-state index in [0.29, 0.717) is 34.4 Å². The molecule has 0 aliphatic carbocycles. The van der Waals surface area contributed by atoms with E-state index in [2.05, 4.69) is 5.32 Å². The van der Waals surface area contributed by atoms with Crippen molar-refractivity contribution in [3.05, 3.63) is 22.1 Å². The molecule has 0 unspecified atom stereocenters. The van der Waals surface area contributed by atoms with E-state index >= 15 is 0 Å². The van der Waals surface area contributed by atoms with Crippen molar-refractivity contribution in [3.63, 3.8) is 0 Å². The Morgan fingerprint density at radius 3 is 2.67 bits per heavy atom. The topological polar surface area (TPSA) is 86.0 Å². The highest BCUT2D eigenvalue weighted by Crippen LogP contribution is 2.33. The molecule has 0 bridgehead atoms. The van der Waals surface area contributed by atoms with Gasteiger partial charge in [-0.15, -0.1) is 0 Å². The zero-order chi connectivity index (χ0) is 13.3. The fourth-order valence-electron chi connectivity index (χ4n) is 1.56. The fraction of sp³-hybridized carbons (Fsp3) is 0.417. The minimum Gasteiger partial charge on any atom is -0.377 e. The minimum absolute atomic E-state index is 0.0896. The van der Waals surface area contributed by atoms with Gasteiger partial charge in [0.25, 0.3) is 5.91 Å². The molecule has 1 amide bonds. The van der Waals surface area contributed by atoms with Gasteiger partial charge >= 0.3 is 0 Å². The second-order valence-electron chi connectivity index (χ2n) is 4.31. The summed E-state index contributed by atoms with van der Waals surface area (Å²) in [7, 11) is 0. The van der Waals surface area contributed by atoms with Gasteiger partial charge in [0.15, 0.2) is 0 Å². The highest BCUT2D eigenvalue weighted by Gasteiger charge is 2.27. The second-order valence-corrected chi connectivity index (χ2v) is 5.36. The third kappa shape index (κ3) is 2.54. The fourth-order valence-corrected chi connectivity index (χ4v) is 2.43. The molecule has 0 aromatic heterocycles. The molecule has 18 heavy (non-hydrogen) atoms. The van der Waals surface area contributed by atoms with Crippen molar-refractivity contribution in [3.8, 4) is 0 Å². The van der Waals surface area contributed by atoms with E-state index < -0.39 is 0 Å². The van der Waals surface area contributed by atoms with E-state index in [0.717, 1.165) is 17.3 Å². The van der Waals surface area contributed by atoms with Crippen molar-refractivity contribution in [1.29, 1.82) is 10.8 Å². The number of amides is 1. The number of carbonyl (C=O) groups is 1. The summed E-state index contributed by atoms with van der Waals surface area (Å²) in [5.41, 5.74) is 1.82. The van der Waals surface area contributed by atoms with Gasteiger partial charge in [-0.05, 0) is 25.5 Å². The number of rotatable bonds is 3. The molecule has 1 fully saturated rings. The smallest absolute Gasteiger partial charge is 0.258 e. The minimum atomic E-state index is -0.163. The Bertz CT molecular complexity index is 490. The quantitative estimate of drug-likeness (QED) is 0.675. The van der Waals surface area contributed by atoms with Gasteiger partial charge in [0.05, 0.1) is 29.2 Å². The van der Waals surface area contributed by atoms with Gasteiger partial charge in [0.1, 0.15) is 0 Å². The van der Waals surface area contributed by atoms with Crippen molar-refractivity contribution < 1.29 is 9.53 Å². The number of hydrogen-bond acceptors (Lipinski definition) is 5. The Kier molecular flexibility index (Phi) is 3.68. The Hall–Kier alpha value is -1.40. The van der Waals surface area contributed by atoms with Crippen molar-refractivity contribution >= 4 is 28.4 Å². The van der Waals surface area contributed by atoms with E-state index in [9.17, 15) is 4.79 Å². The summed E-state index contributed by atoms with van der Waals surface area (Å²) in [6.45, 7) is 4.59. The first-order valence-corrected chi connectivity index (χ1v) is 6.44. The molecule has 2 aliphatic heterocycles. The molecule has 0 aromatic carbocycles. The molecule has 0 saturated carbocycles. The molecule has 0 spiro atoms. The number of carbonyl (C=O) groups excluding carboxylic acids is 1. The Balaban J connectivity index is 2.13. The summed E-state index contributed by atoms with van der Waals surface area (Å²) in [4.78, 5) is 12.4. The normalized spacial score (nSPS) is 22.3. The van der Waals surface area contributed by atoms with Crippen LogP contribution in [0.4, 0.5) is 0 Å². The van der Waals surface area contributed by atoms with E-state index in [1.807, 2.05) is 0 Å². The average Bonchev–Trinajstić information content (AvgIpc) is 2.64. The van der Waals surface area contributed by atoms with Gasteiger partial charge in [0.2, 0.25) is 0 Å². The molecule has 3 N–H and O–H groups in total. The Morgan fingerprint density at radius 1 is 1.50 bits per heavy atom. The van der Waals surface area contributed by atoms with Crippen LogP contribution in [0.15, 0.2) is 22.1 Å². The molecule has 2 heterocycles. The summed E-state index contributed by atoms with van der Waals surface area (Å²) in [5.74, 6) is -0.163. The van der Waals surface area contributed by atoms with Gasteiger partial charge in [-0.2, -0.15) is 0 Å². The van der Waals surface area contributed by atoms with E-state index in [1.165, 1.54) is 0 Å². The van der Waals surface area contributed by atoms with Crippen LogP contribution in [0.25, 0.3) is 0 Å². The van der Waals surface area contributed by atoms with Crippen LogP contribution in [0.1, 0.15) is 13.8 Å². The lowest BCUT2D eigenvalue weighted by Crippen LogP contribution is -2.48. The molecule has 2 aliphatic rings. The van der Waals surface area contributed by atoms with Crippen LogP contribution in [-0.4, -0.2) is 35.9 Å². The number of ether oxygens (including phenoxy) is 1. The lowest BCUT2D eigenvalue weighted by atomic mass is 10.1. The number of hydrogen-bond donors (Lipinski definition) is 3. The van der Waals surface area contributed by atoms with Crippen LogP contribution in [0.5, 0.6) is 0 Å². The summed E-state index contributed by atoms with van der Waals surface area (Å²) < 4.78 is 4.99. The van der Waals surface area contributed by atoms with E-state index in [-0.39, 0.29) is 11.9 Å². The van der Waals surface area contributed by atoms with Crippen molar-refractivity contribution in [2.24, 2.45) is 0 Å². The number of thioether (sulfide) groups is 1. The summed E-state index contributed by atoms with van der Waals surface area (Å²) in [5, 5.41) is 18.6. The molecular formula is C12H15N3O2S. The first kappa shape index (κ1) is 13.0. The molecule has 0 atom stereocenters. The third-order valence-corrected chi connectivity index (χ3v) is 3.84. The Morgan fingerprint density at radius 2 is 2.17 bits per heavy atom. The lowest BCUT2D eigenvalue weighted by molar-refractivity contribution is -0.120. The monoisotopic (exact) mass is 265 g/mol. The van der Waals surface area contributed by atoms with E-state index in [4.69, 9.17) is 15.6 Å². The maximum absolute atomic E-state index is 11.9. The molecule has 96 valence electrons. The highest BCUT2D eigenvalue weighted by atomic mass is 32.2. The summed E-state index contributed by atoms with van der Waals surface area (Å²) in [6, 6.07) is 0.0896. The van der Waals surface area contributed by atoms with Gasteiger partial charge in [0, 0.05) is 11.3 Å². The van der Waals surface area contributed by atoms with Crippen LogP contribution in [0.3, 0.4) is 0 Å². The van der Waals surface area contributed by atoms with Gasteiger partial charge in [-0.25, -0.2) is 0 Å².